The quantitative estimate of drug-likeness (QED) is 0.299. The minimum atomic E-state index is -3.24. The highest BCUT2D eigenvalue weighted by Gasteiger charge is 2.31. The van der Waals surface area contributed by atoms with E-state index in [1.54, 1.807) is 0 Å². The summed E-state index contributed by atoms with van der Waals surface area (Å²) in [5.74, 6) is -0.677. The standard InChI is InChI=1S/C25H34F4O/c1-2-3-4-5-6-17-7-9-18(10-8-17)19-11-13-20(14-12-19)21-15-22(26)24(23(27)16-21)30-25(28)29/h4-5,15-20,25H,2-3,6-14H2,1H3/b5-4+/t17-,18-,19-,20-. The monoisotopic (exact) mass is 426 g/mol. The summed E-state index contributed by atoms with van der Waals surface area (Å²) in [5, 5.41) is 0. The Kier molecular flexibility index (Phi) is 8.64. The topological polar surface area (TPSA) is 9.23 Å². The van der Waals surface area contributed by atoms with E-state index >= 15 is 0 Å². The van der Waals surface area contributed by atoms with Crippen LogP contribution in [0.4, 0.5) is 17.6 Å². The van der Waals surface area contributed by atoms with Gasteiger partial charge in [-0.3, -0.25) is 0 Å². The zero-order chi connectivity index (χ0) is 21.5. The predicted octanol–water partition coefficient (Wildman–Crippen LogP) is 8.39. The van der Waals surface area contributed by atoms with Crippen LogP contribution in [0.3, 0.4) is 0 Å². The number of rotatable bonds is 8. The highest BCUT2D eigenvalue weighted by atomic mass is 19.3. The van der Waals surface area contributed by atoms with Crippen LogP contribution >= 0.6 is 0 Å². The van der Waals surface area contributed by atoms with Gasteiger partial charge < -0.3 is 4.74 Å². The van der Waals surface area contributed by atoms with Gasteiger partial charge in [-0.2, -0.15) is 8.78 Å². The molecule has 30 heavy (non-hydrogen) atoms. The molecule has 2 aliphatic carbocycles. The number of alkyl halides is 2. The Balaban J connectivity index is 1.47. The molecule has 168 valence electrons. The fourth-order valence-corrected chi connectivity index (χ4v) is 5.41. The average Bonchev–Trinajstić information content (AvgIpc) is 2.74. The molecule has 0 atom stereocenters. The molecule has 0 saturated heterocycles. The first-order valence-electron chi connectivity index (χ1n) is 11.6. The van der Waals surface area contributed by atoms with Gasteiger partial charge in [0.1, 0.15) is 0 Å². The summed E-state index contributed by atoms with van der Waals surface area (Å²) >= 11 is 0. The molecule has 0 aromatic heterocycles. The molecule has 3 rings (SSSR count). The molecule has 5 heteroatoms. The third-order valence-corrected chi connectivity index (χ3v) is 7.12. The van der Waals surface area contributed by atoms with Gasteiger partial charge >= 0.3 is 6.61 Å². The molecule has 1 aromatic carbocycles. The summed E-state index contributed by atoms with van der Waals surface area (Å²) in [6, 6.07) is 2.34. The molecule has 1 aromatic rings. The third kappa shape index (κ3) is 6.24. The Morgan fingerprint density at radius 2 is 1.47 bits per heavy atom. The number of unbranched alkanes of at least 4 members (excludes halogenated alkanes) is 1. The first kappa shape index (κ1) is 23.1. The van der Waals surface area contributed by atoms with E-state index in [1.807, 2.05) is 0 Å². The van der Waals surface area contributed by atoms with Crippen molar-refractivity contribution in [3.8, 4) is 5.75 Å². The van der Waals surface area contributed by atoms with Gasteiger partial charge in [-0.1, -0.05) is 25.5 Å². The minimum Gasteiger partial charge on any atom is -0.429 e. The zero-order valence-electron chi connectivity index (χ0n) is 17.9. The molecule has 2 fully saturated rings. The van der Waals surface area contributed by atoms with Crippen LogP contribution in [0.5, 0.6) is 5.75 Å². The Bertz CT molecular complexity index is 663. The van der Waals surface area contributed by atoms with Gasteiger partial charge in [0.25, 0.3) is 0 Å². The van der Waals surface area contributed by atoms with Gasteiger partial charge in [0.15, 0.2) is 17.4 Å². The molecular formula is C25H34F4O. The van der Waals surface area contributed by atoms with Crippen LogP contribution in [0.25, 0.3) is 0 Å². The number of hydrogen-bond acceptors (Lipinski definition) is 1. The van der Waals surface area contributed by atoms with Gasteiger partial charge in [-0.15, -0.1) is 0 Å². The maximum Gasteiger partial charge on any atom is 0.387 e. The van der Waals surface area contributed by atoms with Crippen LogP contribution in [-0.4, -0.2) is 6.61 Å². The molecule has 0 N–H and O–H groups in total. The van der Waals surface area contributed by atoms with E-state index in [9.17, 15) is 17.6 Å². The molecule has 0 amide bonds. The fraction of sp³-hybridized carbons (Fsp3) is 0.680. The molecule has 0 spiro atoms. The molecule has 0 unspecified atom stereocenters. The largest absolute Gasteiger partial charge is 0.429 e. The van der Waals surface area contributed by atoms with E-state index in [0.717, 1.165) is 37.5 Å². The third-order valence-electron chi connectivity index (χ3n) is 7.12. The van der Waals surface area contributed by atoms with E-state index < -0.39 is 24.0 Å². The minimum absolute atomic E-state index is 0.0888. The molecular weight excluding hydrogens is 392 g/mol. The molecule has 1 nitrogen and oxygen atoms in total. The van der Waals surface area contributed by atoms with Crippen LogP contribution in [-0.2, 0) is 0 Å². The van der Waals surface area contributed by atoms with Crippen molar-refractivity contribution in [1.29, 1.82) is 0 Å². The molecule has 0 heterocycles. The lowest BCUT2D eigenvalue weighted by Gasteiger charge is -2.38. The number of allylic oxidation sites excluding steroid dienone is 2. The summed E-state index contributed by atoms with van der Waals surface area (Å²) in [4.78, 5) is 0. The number of halogens is 4. The van der Waals surface area contributed by atoms with E-state index in [0.29, 0.717) is 11.5 Å². The lowest BCUT2D eigenvalue weighted by Crippen LogP contribution is -2.25. The van der Waals surface area contributed by atoms with Crippen LogP contribution in [0.2, 0.25) is 0 Å². The SMILES string of the molecule is CCC/C=C/C[C@H]1CC[C@H]([C@H]2CC[C@H](c3cc(F)c(OC(F)F)c(F)c3)CC2)CC1. The Morgan fingerprint density at radius 3 is 2.00 bits per heavy atom. The highest BCUT2D eigenvalue weighted by molar-refractivity contribution is 5.33. The first-order chi connectivity index (χ1) is 14.5. The summed E-state index contributed by atoms with van der Waals surface area (Å²) in [6.45, 7) is -1.04. The van der Waals surface area contributed by atoms with Crippen molar-refractivity contribution >= 4 is 0 Å². The first-order valence-corrected chi connectivity index (χ1v) is 11.6. The van der Waals surface area contributed by atoms with Gasteiger partial charge in [-0.25, -0.2) is 8.78 Å². The average molecular weight is 427 g/mol. The van der Waals surface area contributed by atoms with Crippen molar-refractivity contribution in [2.24, 2.45) is 17.8 Å². The van der Waals surface area contributed by atoms with Gasteiger partial charge in [-0.05, 0) is 106 Å². The van der Waals surface area contributed by atoms with E-state index in [-0.39, 0.29) is 5.92 Å². The predicted molar refractivity (Wildman–Crippen MR) is 112 cm³/mol. The molecule has 2 saturated carbocycles. The molecule has 0 radical (unpaired) electrons. The Hall–Kier alpha value is -1.52. The maximum atomic E-state index is 14.1. The summed E-state index contributed by atoms with van der Waals surface area (Å²) in [5.41, 5.74) is 0.563. The molecule has 2 aliphatic rings. The van der Waals surface area contributed by atoms with E-state index in [2.05, 4.69) is 23.8 Å². The van der Waals surface area contributed by atoms with Crippen LogP contribution in [0, 0.1) is 29.4 Å². The van der Waals surface area contributed by atoms with E-state index in [4.69, 9.17) is 0 Å². The second-order valence-corrected chi connectivity index (χ2v) is 9.08. The highest BCUT2D eigenvalue weighted by Crippen LogP contribution is 2.45. The van der Waals surface area contributed by atoms with Crippen molar-refractivity contribution in [3.63, 3.8) is 0 Å². The lowest BCUT2D eigenvalue weighted by atomic mass is 9.68. The zero-order valence-corrected chi connectivity index (χ0v) is 17.9. The van der Waals surface area contributed by atoms with Crippen molar-refractivity contribution in [1.82, 2.24) is 0 Å². The second kappa shape index (κ2) is 11.2. The van der Waals surface area contributed by atoms with Gasteiger partial charge in [0.05, 0.1) is 0 Å². The molecule has 0 bridgehead atoms. The maximum absolute atomic E-state index is 14.1. The van der Waals surface area contributed by atoms with Crippen molar-refractivity contribution in [2.75, 3.05) is 0 Å². The van der Waals surface area contributed by atoms with Crippen LogP contribution in [0.1, 0.15) is 89.0 Å². The van der Waals surface area contributed by atoms with E-state index in [1.165, 1.54) is 57.1 Å². The summed E-state index contributed by atoms with van der Waals surface area (Å²) < 4.78 is 56.7. The van der Waals surface area contributed by atoms with Crippen LogP contribution < -0.4 is 4.74 Å². The van der Waals surface area contributed by atoms with Crippen molar-refractivity contribution in [3.05, 3.63) is 41.5 Å². The smallest absolute Gasteiger partial charge is 0.387 e. The second-order valence-electron chi connectivity index (χ2n) is 9.08. The van der Waals surface area contributed by atoms with Crippen LogP contribution in [0.15, 0.2) is 24.3 Å². The van der Waals surface area contributed by atoms with Crippen molar-refractivity contribution in [2.45, 2.75) is 90.1 Å². The molecule has 0 aliphatic heterocycles. The summed E-state index contributed by atoms with van der Waals surface area (Å²) in [7, 11) is 0. The normalized spacial score (nSPS) is 27.7. The van der Waals surface area contributed by atoms with Gasteiger partial charge in [0.2, 0.25) is 0 Å². The number of hydrogen-bond donors (Lipinski definition) is 0. The van der Waals surface area contributed by atoms with Crippen molar-refractivity contribution < 1.29 is 22.3 Å². The Labute approximate surface area is 177 Å². The number of benzene rings is 1. The lowest BCUT2D eigenvalue weighted by molar-refractivity contribution is -0.0546. The number of ether oxygens (including phenoxy) is 1. The Morgan fingerprint density at radius 1 is 0.900 bits per heavy atom. The fourth-order valence-electron chi connectivity index (χ4n) is 5.41. The summed E-state index contributed by atoms with van der Waals surface area (Å²) in [6.07, 6.45) is 17.4. The van der Waals surface area contributed by atoms with Gasteiger partial charge in [0, 0.05) is 0 Å².